The van der Waals surface area contributed by atoms with E-state index in [-0.39, 0.29) is 12.5 Å². The van der Waals surface area contributed by atoms with Crippen LogP contribution in [-0.2, 0) is 4.79 Å². The van der Waals surface area contributed by atoms with Crippen molar-refractivity contribution in [1.82, 2.24) is 0 Å². The smallest absolute Gasteiger partial charge is 0.349 e. The van der Waals surface area contributed by atoms with E-state index in [2.05, 4.69) is 21.2 Å². The van der Waals surface area contributed by atoms with Crippen LogP contribution in [-0.4, -0.2) is 18.5 Å². The number of halogens is 1. The monoisotopic (exact) mass is 425 g/mol. The predicted molar refractivity (Wildman–Crippen MR) is 106 cm³/mol. The van der Waals surface area contributed by atoms with E-state index in [4.69, 9.17) is 9.47 Å². The Hall–Kier alpha value is -3.12. The highest BCUT2D eigenvalue weighted by molar-refractivity contribution is 9.10. The summed E-state index contributed by atoms with van der Waals surface area (Å²) in [5.41, 5.74) is 1.17. The highest BCUT2D eigenvalue weighted by Crippen LogP contribution is 2.19. The fourth-order valence-corrected chi connectivity index (χ4v) is 2.64. The lowest BCUT2D eigenvalue weighted by atomic mass is 10.2. The van der Waals surface area contributed by atoms with Gasteiger partial charge in [0, 0.05) is 15.7 Å². The van der Waals surface area contributed by atoms with E-state index in [0.29, 0.717) is 22.7 Å². The van der Waals surface area contributed by atoms with Gasteiger partial charge in [-0.1, -0.05) is 40.2 Å². The Kier molecular flexibility index (Phi) is 6.22. The third-order valence-corrected chi connectivity index (χ3v) is 4.03. The highest BCUT2D eigenvalue weighted by atomic mass is 79.9. The molecule has 1 N–H and O–H groups in total. The molecule has 0 radical (unpaired) electrons. The molecular formula is C21H16BrNO4. The van der Waals surface area contributed by atoms with Crippen LogP contribution in [0, 0.1) is 0 Å². The molecule has 1 amide bonds. The van der Waals surface area contributed by atoms with E-state index in [1.54, 1.807) is 60.7 Å². The first-order valence-corrected chi connectivity index (χ1v) is 8.95. The molecule has 136 valence electrons. The van der Waals surface area contributed by atoms with Crippen molar-refractivity contribution in [2.24, 2.45) is 0 Å². The number of nitrogens with one attached hydrogen (secondary N) is 1. The van der Waals surface area contributed by atoms with E-state index in [0.717, 1.165) is 4.47 Å². The van der Waals surface area contributed by atoms with Gasteiger partial charge >= 0.3 is 5.97 Å². The first-order chi connectivity index (χ1) is 13.1. The number of carbonyl (C=O) groups excluding carboxylic acids is 2. The van der Waals surface area contributed by atoms with Crippen LogP contribution in [0.15, 0.2) is 83.3 Å². The quantitative estimate of drug-likeness (QED) is 0.459. The molecule has 0 unspecified atom stereocenters. The number of amides is 1. The number of benzene rings is 3. The lowest BCUT2D eigenvalue weighted by Gasteiger charge is -2.08. The third-order valence-electron chi connectivity index (χ3n) is 3.53. The predicted octanol–water partition coefficient (Wildman–Crippen LogP) is 4.69. The SMILES string of the molecule is O=C(COc1cccc(Br)c1)Oc1ccc(NC(=O)c2ccccc2)cc1. The van der Waals surface area contributed by atoms with Crippen LogP contribution >= 0.6 is 15.9 Å². The second kappa shape index (κ2) is 9.00. The molecule has 3 rings (SSSR count). The van der Waals surface area contributed by atoms with E-state index in [9.17, 15) is 9.59 Å². The molecule has 6 heteroatoms. The summed E-state index contributed by atoms with van der Waals surface area (Å²) in [6, 6.07) is 22.7. The van der Waals surface area contributed by atoms with Crippen LogP contribution in [0.4, 0.5) is 5.69 Å². The normalized spacial score (nSPS) is 10.1. The van der Waals surface area contributed by atoms with Gasteiger partial charge in [-0.25, -0.2) is 4.79 Å². The number of rotatable bonds is 6. The number of hydrogen-bond acceptors (Lipinski definition) is 4. The Morgan fingerprint density at radius 2 is 1.59 bits per heavy atom. The van der Waals surface area contributed by atoms with E-state index in [1.165, 1.54) is 0 Å². The Labute approximate surface area is 165 Å². The molecular weight excluding hydrogens is 410 g/mol. The van der Waals surface area contributed by atoms with Crippen LogP contribution in [0.1, 0.15) is 10.4 Å². The van der Waals surface area contributed by atoms with E-state index >= 15 is 0 Å². The number of hydrogen-bond donors (Lipinski definition) is 1. The molecule has 0 aliphatic rings. The lowest BCUT2D eigenvalue weighted by molar-refractivity contribution is -0.136. The Balaban J connectivity index is 1.51. The lowest BCUT2D eigenvalue weighted by Crippen LogP contribution is -2.17. The maximum Gasteiger partial charge on any atom is 0.349 e. The van der Waals surface area contributed by atoms with Crippen molar-refractivity contribution < 1.29 is 19.1 Å². The Morgan fingerprint density at radius 3 is 2.30 bits per heavy atom. The van der Waals surface area contributed by atoms with Crippen LogP contribution in [0.25, 0.3) is 0 Å². The summed E-state index contributed by atoms with van der Waals surface area (Å²) in [5.74, 6) is 0.217. The van der Waals surface area contributed by atoms with Crippen LogP contribution < -0.4 is 14.8 Å². The summed E-state index contributed by atoms with van der Waals surface area (Å²) < 4.78 is 11.5. The van der Waals surface area contributed by atoms with Crippen molar-refractivity contribution in [2.45, 2.75) is 0 Å². The van der Waals surface area contributed by atoms with Gasteiger partial charge in [-0.2, -0.15) is 0 Å². The topological polar surface area (TPSA) is 64.6 Å². The minimum Gasteiger partial charge on any atom is -0.482 e. The molecule has 27 heavy (non-hydrogen) atoms. The van der Waals surface area contributed by atoms with Crippen molar-refractivity contribution in [3.8, 4) is 11.5 Å². The molecule has 5 nitrogen and oxygen atoms in total. The average Bonchev–Trinajstić information content (AvgIpc) is 2.69. The van der Waals surface area contributed by atoms with Gasteiger partial charge in [0.05, 0.1) is 0 Å². The van der Waals surface area contributed by atoms with E-state index < -0.39 is 5.97 Å². The summed E-state index contributed by atoms with van der Waals surface area (Å²) >= 11 is 3.34. The van der Waals surface area contributed by atoms with Gasteiger partial charge in [0.15, 0.2) is 6.61 Å². The molecule has 0 fully saturated rings. The van der Waals surface area contributed by atoms with Crippen molar-refractivity contribution in [3.05, 3.63) is 88.9 Å². The number of carbonyl (C=O) groups is 2. The zero-order valence-electron chi connectivity index (χ0n) is 14.2. The summed E-state index contributed by atoms with van der Waals surface area (Å²) in [6.07, 6.45) is 0. The van der Waals surface area contributed by atoms with Crippen molar-refractivity contribution in [2.75, 3.05) is 11.9 Å². The highest BCUT2D eigenvalue weighted by Gasteiger charge is 2.08. The number of ether oxygens (including phenoxy) is 2. The Morgan fingerprint density at radius 1 is 0.852 bits per heavy atom. The molecule has 0 aliphatic heterocycles. The zero-order valence-corrected chi connectivity index (χ0v) is 15.8. The van der Waals surface area contributed by atoms with Gasteiger partial charge in [-0.05, 0) is 54.6 Å². The van der Waals surface area contributed by atoms with Crippen LogP contribution in [0.3, 0.4) is 0 Å². The van der Waals surface area contributed by atoms with Gasteiger partial charge in [0.2, 0.25) is 0 Å². The second-order valence-corrected chi connectivity index (χ2v) is 6.48. The number of anilines is 1. The average molecular weight is 426 g/mol. The molecule has 3 aromatic rings. The van der Waals surface area contributed by atoms with Gasteiger partial charge in [-0.15, -0.1) is 0 Å². The summed E-state index contributed by atoms with van der Waals surface area (Å²) in [4.78, 5) is 24.0. The maximum absolute atomic E-state index is 12.1. The third kappa shape index (κ3) is 5.69. The standard InChI is InChI=1S/C21H16BrNO4/c22-16-7-4-8-19(13-16)26-14-20(24)27-18-11-9-17(10-12-18)23-21(25)15-5-2-1-3-6-15/h1-13H,14H2,(H,23,25). The Bertz CT molecular complexity index is 926. The maximum atomic E-state index is 12.1. The van der Waals surface area contributed by atoms with Crippen molar-refractivity contribution in [1.29, 1.82) is 0 Å². The summed E-state index contributed by atoms with van der Waals surface area (Å²) in [7, 11) is 0. The molecule has 0 heterocycles. The molecule has 0 spiro atoms. The first kappa shape index (κ1) is 18.7. The first-order valence-electron chi connectivity index (χ1n) is 8.16. The molecule has 0 aliphatic carbocycles. The van der Waals surface area contributed by atoms with Gasteiger partial charge in [0.25, 0.3) is 5.91 Å². The molecule has 0 atom stereocenters. The molecule has 0 bridgehead atoms. The molecule has 0 saturated carbocycles. The van der Waals surface area contributed by atoms with Gasteiger partial charge < -0.3 is 14.8 Å². The minimum absolute atomic E-state index is 0.205. The van der Waals surface area contributed by atoms with Gasteiger partial charge in [-0.3, -0.25) is 4.79 Å². The van der Waals surface area contributed by atoms with Gasteiger partial charge in [0.1, 0.15) is 11.5 Å². The van der Waals surface area contributed by atoms with E-state index in [1.807, 2.05) is 18.2 Å². The fraction of sp³-hybridized carbons (Fsp3) is 0.0476. The second-order valence-electron chi connectivity index (χ2n) is 5.56. The molecule has 3 aromatic carbocycles. The molecule has 0 aromatic heterocycles. The van der Waals surface area contributed by atoms with Crippen molar-refractivity contribution >= 4 is 33.5 Å². The number of esters is 1. The van der Waals surface area contributed by atoms with Crippen LogP contribution in [0.2, 0.25) is 0 Å². The zero-order chi connectivity index (χ0) is 19.1. The molecule has 0 saturated heterocycles. The largest absolute Gasteiger partial charge is 0.482 e. The minimum atomic E-state index is -0.518. The fourth-order valence-electron chi connectivity index (χ4n) is 2.26. The summed E-state index contributed by atoms with van der Waals surface area (Å²) in [5, 5.41) is 2.78. The van der Waals surface area contributed by atoms with Crippen LogP contribution in [0.5, 0.6) is 11.5 Å². The summed E-state index contributed by atoms with van der Waals surface area (Å²) in [6.45, 7) is -0.205. The van der Waals surface area contributed by atoms with Crippen molar-refractivity contribution in [3.63, 3.8) is 0 Å².